The first kappa shape index (κ1) is 21.5. The van der Waals surface area contributed by atoms with Crippen molar-refractivity contribution >= 4 is 34.2 Å². The Morgan fingerprint density at radius 3 is 2.79 bits per heavy atom. The van der Waals surface area contributed by atoms with Gasteiger partial charge in [-0.05, 0) is 35.5 Å². The molecule has 0 aliphatic rings. The van der Waals surface area contributed by atoms with E-state index in [-0.39, 0.29) is 28.6 Å². The summed E-state index contributed by atoms with van der Waals surface area (Å²) in [7, 11) is 0. The number of ether oxygens (including phenoxy) is 1. The molecule has 2 heterocycles. The van der Waals surface area contributed by atoms with E-state index in [2.05, 4.69) is 25.9 Å². The molecule has 3 aromatic carbocycles. The van der Waals surface area contributed by atoms with Gasteiger partial charge in [0, 0.05) is 22.7 Å². The van der Waals surface area contributed by atoms with Crippen molar-refractivity contribution in [2.75, 3.05) is 5.32 Å². The molecule has 5 rings (SSSR count). The quantitative estimate of drug-likeness (QED) is 0.337. The summed E-state index contributed by atoms with van der Waals surface area (Å²) in [4.78, 5) is 12.8. The van der Waals surface area contributed by atoms with E-state index in [1.54, 1.807) is 18.2 Å². The number of anilines is 1. The molecule has 2 N–H and O–H groups in total. The van der Waals surface area contributed by atoms with E-state index in [1.807, 2.05) is 0 Å². The molecule has 0 atom stereocenters. The topological polar surface area (TPSA) is 106 Å². The van der Waals surface area contributed by atoms with Gasteiger partial charge in [-0.15, -0.1) is 10.2 Å². The minimum absolute atomic E-state index is 0.0445. The van der Waals surface area contributed by atoms with Gasteiger partial charge in [-0.3, -0.25) is 4.79 Å². The Morgan fingerprint density at radius 2 is 2.03 bits per heavy atom. The number of carbonyl (C=O) groups is 1. The number of aromatic nitrogens is 4. The zero-order valence-electron chi connectivity index (χ0n) is 17.2. The summed E-state index contributed by atoms with van der Waals surface area (Å²) in [5, 5.41) is 17.1. The van der Waals surface area contributed by atoms with Crippen LogP contribution in [0.5, 0.6) is 5.75 Å². The van der Waals surface area contributed by atoms with E-state index in [0.717, 1.165) is 12.1 Å². The molecule has 0 saturated heterocycles. The molecule has 0 fully saturated rings. The Bertz CT molecular complexity index is 1500. The zero-order valence-corrected chi connectivity index (χ0v) is 17.9. The van der Waals surface area contributed by atoms with Gasteiger partial charge in [0.15, 0.2) is 11.6 Å². The van der Waals surface area contributed by atoms with E-state index in [0.29, 0.717) is 27.9 Å². The van der Waals surface area contributed by atoms with Gasteiger partial charge in [-0.25, -0.2) is 8.78 Å². The number of para-hydroxylation sites is 1. The molecule has 8 nitrogen and oxygen atoms in total. The summed E-state index contributed by atoms with van der Waals surface area (Å²) in [6, 6.07) is 13.1. The van der Waals surface area contributed by atoms with E-state index in [4.69, 9.17) is 20.8 Å². The van der Waals surface area contributed by atoms with Crippen molar-refractivity contribution in [3.63, 3.8) is 0 Å². The summed E-state index contributed by atoms with van der Waals surface area (Å²) < 4.78 is 38.8. The number of amides is 1. The first-order valence-corrected chi connectivity index (χ1v) is 10.3. The van der Waals surface area contributed by atoms with Gasteiger partial charge in [0.05, 0.1) is 16.1 Å². The van der Waals surface area contributed by atoms with Crippen LogP contribution in [0.1, 0.15) is 15.9 Å². The molecule has 0 bridgehead atoms. The van der Waals surface area contributed by atoms with E-state index < -0.39 is 17.5 Å². The van der Waals surface area contributed by atoms with Gasteiger partial charge in [-0.2, -0.15) is 5.21 Å². The highest BCUT2D eigenvalue weighted by Gasteiger charge is 2.19. The number of hydrogen-bond acceptors (Lipinski definition) is 6. The predicted octanol–water partition coefficient (Wildman–Crippen LogP) is 5.38. The number of aromatic amines is 1. The molecule has 0 aliphatic heterocycles. The lowest BCUT2D eigenvalue weighted by atomic mass is 10.1. The van der Waals surface area contributed by atoms with Gasteiger partial charge in [0.2, 0.25) is 5.82 Å². The minimum Gasteiger partial charge on any atom is -0.486 e. The Balaban J connectivity index is 1.32. The Kier molecular flexibility index (Phi) is 5.64. The highest BCUT2D eigenvalue weighted by atomic mass is 35.5. The number of halogens is 3. The maximum absolute atomic E-state index is 14.6. The van der Waals surface area contributed by atoms with Crippen LogP contribution in [0.25, 0.3) is 22.4 Å². The molecule has 34 heavy (non-hydrogen) atoms. The van der Waals surface area contributed by atoms with Crippen molar-refractivity contribution < 1.29 is 22.7 Å². The molecule has 2 aromatic heterocycles. The molecule has 0 aliphatic carbocycles. The molecule has 0 unspecified atom stereocenters. The molecule has 0 saturated carbocycles. The lowest BCUT2D eigenvalue weighted by molar-refractivity contribution is 0.102. The van der Waals surface area contributed by atoms with Gasteiger partial charge in [-0.1, -0.05) is 29.8 Å². The molecular formula is C23H14ClF2N5O3. The van der Waals surface area contributed by atoms with Crippen LogP contribution >= 0.6 is 11.6 Å². The number of nitrogens with zero attached hydrogens (tertiary/aromatic N) is 3. The second-order valence-corrected chi connectivity index (χ2v) is 7.60. The van der Waals surface area contributed by atoms with Crippen molar-refractivity contribution in [1.82, 2.24) is 20.6 Å². The fourth-order valence-electron chi connectivity index (χ4n) is 3.37. The van der Waals surface area contributed by atoms with Crippen molar-refractivity contribution in [3.8, 4) is 17.1 Å². The number of fused-ring (bicyclic) bond motifs is 1. The third-order valence-corrected chi connectivity index (χ3v) is 5.37. The molecule has 0 spiro atoms. The van der Waals surface area contributed by atoms with Crippen molar-refractivity contribution in [2.45, 2.75) is 6.61 Å². The molecule has 170 valence electrons. The lowest BCUT2D eigenvalue weighted by Gasteiger charge is -2.10. The highest BCUT2D eigenvalue weighted by molar-refractivity contribution is 6.31. The summed E-state index contributed by atoms with van der Waals surface area (Å²) in [5.74, 6) is -1.37. The Labute approximate surface area is 195 Å². The third-order valence-electron chi connectivity index (χ3n) is 5.02. The summed E-state index contributed by atoms with van der Waals surface area (Å²) in [5.41, 5.74) is 1.97. The Morgan fingerprint density at radius 1 is 1.15 bits per heavy atom. The molecule has 5 aromatic rings. The molecule has 0 radical (unpaired) electrons. The lowest BCUT2D eigenvalue weighted by Crippen LogP contribution is -2.11. The largest absolute Gasteiger partial charge is 0.486 e. The smallest absolute Gasteiger partial charge is 0.259 e. The van der Waals surface area contributed by atoms with Crippen LogP contribution < -0.4 is 10.1 Å². The van der Waals surface area contributed by atoms with Gasteiger partial charge in [0.25, 0.3) is 5.91 Å². The van der Waals surface area contributed by atoms with Crippen LogP contribution in [0.3, 0.4) is 0 Å². The van der Waals surface area contributed by atoms with E-state index >= 15 is 0 Å². The average Bonchev–Trinajstić information content (AvgIpc) is 3.50. The molecular weight excluding hydrogens is 468 g/mol. The second-order valence-electron chi connectivity index (χ2n) is 7.19. The molecule has 1 amide bonds. The first-order valence-electron chi connectivity index (χ1n) is 9.91. The number of H-pyrrole nitrogens is 1. The van der Waals surface area contributed by atoms with Crippen molar-refractivity contribution in [2.24, 2.45) is 0 Å². The van der Waals surface area contributed by atoms with Crippen molar-refractivity contribution in [3.05, 3.63) is 88.6 Å². The number of carbonyl (C=O) groups excluding carboxylic acids is 1. The number of hydrogen-bond donors (Lipinski definition) is 2. The fourth-order valence-corrected chi connectivity index (χ4v) is 3.60. The maximum Gasteiger partial charge on any atom is 0.259 e. The minimum atomic E-state index is -0.688. The number of furan rings is 1. The van der Waals surface area contributed by atoms with Gasteiger partial charge >= 0.3 is 0 Å². The monoisotopic (exact) mass is 481 g/mol. The van der Waals surface area contributed by atoms with Crippen LogP contribution in [0.2, 0.25) is 5.02 Å². The van der Waals surface area contributed by atoms with E-state index in [1.165, 1.54) is 30.5 Å². The first-order chi connectivity index (χ1) is 16.5. The predicted molar refractivity (Wildman–Crippen MR) is 119 cm³/mol. The average molecular weight is 482 g/mol. The Hall–Kier alpha value is -4.31. The zero-order chi connectivity index (χ0) is 23.7. The SMILES string of the molecule is O=C(Nc1ccc(OCc2ccc(F)cc2Cl)c(F)c1)c1coc2c(-c3nn[nH]n3)cccc12. The summed E-state index contributed by atoms with van der Waals surface area (Å²) >= 11 is 5.97. The summed E-state index contributed by atoms with van der Waals surface area (Å²) in [6.45, 7) is -0.0501. The van der Waals surface area contributed by atoms with Crippen LogP contribution in [-0.2, 0) is 6.61 Å². The number of nitrogens with one attached hydrogen (secondary N) is 2. The number of rotatable bonds is 6. The summed E-state index contributed by atoms with van der Waals surface area (Å²) in [6.07, 6.45) is 1.31. The van der Waals surface area contributed by atoms with Crippen molar-refractivity contribution in [1.29, 1.82) is 0 Å². The number of tetrazole rings is 1. The van der Waals surface area contributed by atoms with Crippen LogP contribution in [0.15, 0.2) is 65.3 Å². The molecule has 11 heteroatoms. The maximum atomic E-state index is 14.6. The van der Waals surface area contributed by atoms with Gasteiger partial charge < -0.3 is 14.5 Å². The van der Waals surface area contributed by atoms with E-state index in [9.17, 15) is 13.6 Å². The standard InChI is InChI=1S/C23H14ClF2N5O3/c24-18-8-13(25)5-4-12(18)10-33-20-7-6-14(9-19(20)26)27-23(32)17-11-34-21-15(17)2-1-3-16(21)22-28-30-31-29-22/h1-9,11H,10H2,(H,27,32)(H,28,29,30,31). The number of benzene rings is 3. The third kappa shape index (κ3) is 4.18. The normalized spacial score (nSPS) is 11.0. The second kappa shape index (κ2) is 8.91. The highest BCUT2D eigenvalue weighted by Crippen LogP contribution is 2.30. The van der Waals surface area contributed by atoms with Gasteiger partial charge in [0.1, 0.15) is 24.3 Å². The van der Waals surface area contributed by atoms with Crippen LogP contribution in [-0.4, -0.2) is 26.5 Å². The van der Waals surface area contributed by atoms with Crippen LogP contribution in [0, 0.1) is 11.6 Å². The van der Waals surface area contributed by atoms with Crippen LogP contribution in [0.4, 0.5) is 14.5 Å². The fraction of sp³-hybridized carbons (Fsp3) is 0.0435.